The van der Waals surface area contributed by atoms with Crippen molar-refractivity contribution in [1.82, 2.24) is 9.88 Å². The molecule has 4 nitrogen and oxygen atoms in total. The molecule has 17 heavy (non-hydrogen) atoms. The van der Waals surface area contributed by atoms with Crippen LogP contribution >= 0.6 is 11.3 Å². The van der Waals surface area contributed by atoms with Crippen LogP contribution in [0.25, 0.3) is 0 Å². The zero-order valence-corrected chi connectivity index (χ0v) is 11.7. The number of rotatable bonds is 3. The van der Waals surface area contributed by atoms with Crippen molar-refractivity contribution in [2.45, 2.75) is 31.8 Å². The largest absolute Gasteiger partial charge is 0.347 e. The molecule has 0 bridgehead atoms. The molecule has 1 aliphatic heterocycles. The number of anilines is 1. The zero-order valence-electron chi connectivity index (χ0n) is 10.9. The Morgan fingerprint density at radius 3 is 2.94 bits per heavy atom. The summed E-state index contributed by atoms with van der Waals surface area (Å²) in [4.78, 5) is 9.33. The average molecular weight is 254 g/mol. The second-order valence-electron chi connectivity index (χ2n) is 5.05. The van der Waals surface area contributed by atoms with Crippen LogP contribution in [0.4, 0.5) is 5.13 Å². The highest BCUT2D eigenvalue weighted by molar-refractivity contribution is 7.13. The second kappa shape index (κ2) is 5.33. The molecule has 2 rings (SSSR count). The van der Waals surface area contributed by atoms with Crippen LogP contribution in [0.15, 0.2) is 5.38 Å². The van der Waals surface area contributed by atoms with Gasteiger partial charge in [-0.05, 0) is 33.9 Å². The van der Waals surface area contributed by atoms with Gasteiger partial charge in [-0.1, -0.05) is 0 Å². The number of aromatic nitrogens is 1. The summed E-state index contributed by atoms with van der Waals surface area (Å²) in [5.41, 5.74) is 6.86. The highest BCUT2D eigenvalue weighted by atomic mass is 32.1. The lowest BCUT2D eigenvalue weighted by molar-refractivity contribution is 0.258. The smallest absolute Gasteiger partial charge is 0.185 e. The van der Waals surface area contributed by atoms with E-state index in [1.807, 2.05) is 6.92 Å². The maximum Gasteiger partial charge on any atom is 0.185 e. The normalized spacial score (nSPS) is 23.1. The van der Waals surface area contributed by atoms with Gasteiger partial charge in [-0.25, -0.2) is 4.98 Å². The van der Waals surface area contributed by atoms with Crippen LogP contribution in [-0.4, -0.2) is 43.1 Å². The van der Waals surface area contributed by atoms with Gasteiger partial charge in [-0.3, -0.25) is 0 Å². The van der Waals surface area contributed by atoms with Crippen molar-refractivity contribution in [3.63, 3.8) is 0 Å². The van der Waals surface area contributed by atoms with Crippen molar-refractivity contribution in [2.75, 3.05) is 32.1 Å². The molecule has 2 N–H and O–H groups in total. The van der Waals surface area contributed by atoms with Gasteiger partial charge in [0.05, 0.1) is 5.69 Å². The summed E-state index contributed by atoms with van der Waals surface area (Å²) >= 11 is 1.71. The van der Waals surface area contributed by atoms with Gasteiger partial charge in [-0.15, -0.1) is 11.3 Å². The molecule has 1 aromatic heterocycles. The predicted octanol–water partition coefficient (Wildman–Crippen LogP) is 1.69. The molecule has 0 aromatic carbocycles. The zero-order chi connectivity index (χ0) is 12.4. The van der Waals surface area contributed by atoms with Crippen molar-refractivity contribution in [3.8, 4) is 0 Å². The number of likely N-dealkylation sites (N-methyl/N-ethyl adjacent to an activating group) is 1. The second-order valence-corrected chi connectivity index (χ2v) is 5.89. The Hall–Kier alpha value is -0.650. The molecule has 1 aliphatic rings. The Bertz CT molecular complexity index is 361. The molecular weight excluding hydrogens is 232 g/mol. The minimum atomic E-state index is 0.0365. The maximum absolute atomic E-state index is 5.85. The van der Waals surface area contributed by atoms with E-state index < -0.39 is 0 Å². The molecule has 2 unspecified atom stereocenters. The predicted molar refractivity (Wildman–Crippen MR) is 73.6 cm³/mol. The van der Waals surface area contributed by atoms with Gasteiger partial charge in [-0.2, -0.15) is 0 Å². The highest BCUT2D eigenvalue weighted by Gasteiger charge is 2.23. The van der Waals surface area contributed by atoms with E-state index in [-0.39, 0.29) is 6.04 Å². The number of thiazole rings is 1. The van der Waals surface area contributed by atoms with Gasteiger partial charge < -0.3 is 15.5 Å². The van der Waals surface area contributed by atoms with E-state index in [2.05, 4.69) is 34.3 Å². The van der Waals surface area contributed by atoms with E-state index in [0.29, 0.717) is 6.04 Å². The fraction of sp³-hybridized carbons (Fsp3) is 0.750. The molecule has 1 saturated heterocycles. The molecule has 1 aromatic rings. The fourth-order valence-corrected chi connectivity index (χ4v) is 3.15. The molecule has 0 saturated carbocycles. The summed E-state index contributed by atoms with van der Waals surface area (Å²) in [6, 6.07) is 0.681. The van der Waals surface area contributed by atoms with Gasteiger partial charge in [0.2, 0.25) is 0 Å². The van der Waals surface area contributed by atoms with Gasteiger partial charge in [0.1, 0.15) is 0 Å². The SMILES string of the molecule is CC(N)c1csc(N2CCCC(N(C)C)C2)n1. The molecule has 2 heterocycles. The molecule has 0 amide bonds. The molecular formula is C12H22N4S. The van der Waals surface area contributed by atoms with Crippen LogP contribution in [0.3, 0.4) is 0 Å². The van der Waals surface area contributed by atoms with Crippen molar-refractivity contribution >= 4 is 16.5 Å². The quantitative estimate of drug-likeness (QED) is 0.891. The molecule has 1 fully saturated rings. The first-order valence-corrected chi connectivity index (χ1v) is 7.08. The lowest BCUT2D eigenvalue weighted by Crippen LogP contribution is -2.45. The number of hydrogen-bond donors (Lipinski definition) is 1. The van der Waals surface area contributed by atoms with Crippen LogP contribution in [0.1, 0.15) is 31.5 Å². The van der Waals surface area contributed by atoms with Crippen LogP contribution in [0.2, 0.25) is 0 Å². The Morgan fingerprint density at radius 1 is 1.59 bits per heavy atom. The summed E-state index contributed by atoms with van der Waals surface area (Å²) in [5, 5.41) is 3.21. The van der Waals surface area contributed by atoms with E-state index in [9.17, 15) is 0 Å². The fourth-order valence-electron chi connectivity index (χ4n) is 2.18. The molecule has 96 valence electrons. The third-order valence-corrected chi connectivity index (χ3v) is 4.29. The van der Waals surface area contributed by atoms with Crippen molar-refractivity contribution < 1.29 is 0 Å². The average Bonchev–Trinajstić information content (AvgIpc) is 2.78. The van der Waals surface area contributed by atoms with Crippen molar-refractivity contribution in [3.05, 3.63) is 11.1 Å². The van der Waals surface area contributed by atoms with E-state index in [1.54, 1.807) is 11.3 Å². The van der Waals surface area contributed by atoms with E-state index >= 15 is 0 Å². The Morgan fingerprint density at radius 2 is 2.35 bits per heavy atom. The van der Waals surface area contributed by atoms with Gasteiger partial charge in [0, 0.05) is 30.6 Å². The monoisotopic (exact) mass is 254 g/mol. The van der Waals surface area contributed by atoms with E-state index in [1.165, 1.54) is 12.8 Å². The minimum absolute atomic E-state index is 0.0365. The van der Waals surface area contributed by atoms with Crippen molar-refractivity contribution in [1.29, 1.82) is 0 Å². The molecule has 0 spiro atoms. The lowest BCUT2D eigenvalue weighted by atomic mass is 10.1. The van der Waals surface area contributed by atoms with Crippen molar-refractivity contribution in [2.24, 2.45) is 5.73 Å². The van der Waals surface area contributed by atoms with Gasteiger partial charge in [0.15, 0.2) is 5.13 Å². The molecule has 0 aliphatic carbocycles. The summed E-state index contributed by atoms with van der Waals surface area (Å²) in [6.45, 7) is 4.19. The molecule has 2 atom stereocenters. The van der Waals surface area contributed by atoms with Crippen LogP contribution in [0, 0.1) is 0 Å². The first kappa shape index (κ1) is 12.8. The summed E-state index contributed by atoms with van der Waals surface area (Å²) in [5.74, 6) is 0. The number of nitrogens with two attached hydrogens (primary N) is 1. The summed E-state index contributed by atoms with van der Waals surface area (Å²) in [7, 11) is 4.31. The van der Waals surface area contributed by atoms with Gasteiger partial charge >= 0.3 is 0 Å². The Kier molecular flexibility index (Phi) is 4.01. The van der Waals surface area contributed by atoms with Crippen LogP contribution in [0.5, 0.6) is 0 Å². The number of nitrogens with zero attached hydrogens (tertiary/aromatic N) is 3. The lowest BCUT2D eigenvalue weighted by Gasteiger charge is -2.35. The summed E-state index contributed by atoms with van der Waals surface area (Å²) in [6.07, 6.45) is 2.53. The third kappa shape index (κ3) is 2.97. The Balaban J connectivity index is 2.05. The maximum atomic E-state index is 5.85. The van der Waals surface area contributed by atoms with Crippen LogP contribution < -0.4 is 10.6 Å². The summed E-state index contributed by atoms with van der Waals surface area (Å²) < 4.78 is 0. The molecule has 5 heteroatoms. The third-order valence-electron chi connectivity index (χ3n) is 3.37. The van der Waals surface area contributed by atoms with E-state index in [4.69, 9.17) is 5.73 Å². The molecule has 0 radical (unpaired) electrons. The topological polar surface area (TPSA) is 45.4 Å². The standard InChI is InChI=1S/C12H22N4S/c1-9(13)11-8-17-12(14-11)16-6-4-5-10(7-16)15(2)3/h8-10H,4-7,13H2,1-3H3. The van der Waals surface area contributed by atoms with E-state index in [0.717, 1.165) is 23.9 Å². The first-order valence-electron chi connectivity index (χ1n) is 6.20. The highest BCUT2D eigenvalue weighted by Crippen LogP contribution is 2.26. The van der Waals surface area contributed by atoms with Gasteiger partial charge in [0.25, 0.3) is 0 Å². The minimum Gasteiger partial charge on any atom is -0.347 e. The van der Waals surface area contributed by atoms with Crippen LogP contribution in [-0.2, 0) is 0 Å². The number of piperidine rings is 1. The Labute approximate surface area is 107 Å². The number of hydrogen-bond acceptors (Lipinski definition) is 5. The first-order chi connectivity index (χ1) is 8.08.